The lowest BCUT2D eigenvalue weighted by molar-refractivity contribution is 0.0946. The first-order valence-corrected chi connectivity index (χ1v) is 8.44. The number of carbonyl (C=O) groups excluding carboxylic acids is 1. The minimum Gasteiger partial charge on any atom is -0.396 e. The monoisotopic (exact) mass is 367 g/mol. The molecule has 0 aliphatic carbocycles. The van der Waals surface area contributed by atoms with E-state index in [4.69, 9.17) is 5.11 Å². The number of nitrogens with one attached hydrogen (secondary N) is 1. The third kappa shape index (κ3) is 3.67. The number of carbonyl (C=O) groups is 1. The number of halogens is 1. The first-order chi connectivity index (χ1) is 10.6. The minimum absolute atomic E-state index is 0.0918. The van der Waals surface area contributed by atoms with Crippen LogP contribution in [0.5, 0.6) is 0 Å². The molecule has 0 aliphatic rings. The Morgan fingerprint density at radius 2 is 2.18 bits per heavy atom. The SMILES string of the molecule is CCc1nc2c(Br)cc(C)cn2c1C(=O)NCCCCCO. The summed E-state index contributed by atoms with van der Waals surface area (Å²) in [7, 11) is 0. The van der Waals surface area contributed by atoms with Gasteiger partial charge in [0, 0.05) is 19.3 Å². The average Bonchev–Trinajstić information content (AvgIpc) is 2.85. The molecule has 0 atom stereocenters. The summed E-state index contributed by atoms with van der Waals surface area (Å²) >= 11 is 3.52. The lowest BCUT2D eigenvalue weighted by Gasteiger charge is -2.07. The Hall–Kier alpha value is -1.40. The van der Waals surface area contributed by atoms with Gasteiger partial charge >= 0.3 is 0 Å². The summed E-state index contributed by atoms with van der Waals surface area (Å²) in [5.41, 5.74) is 3.26. The number of imidazole rings is 1. The number of aliphatic hydroxyl groups excluding tert-OH is 1. The molecule has 0 unspecified atom stereocenters. The van der Waals surface area contributed by atoms with Gasteiger partial charge in [-0.3, -0.25) is 9.20 Å². The molecule has 22 heavy (non-hydrogen) atoms. The molecule has 6 heteroatoms. The van der Waals surface area contributed by atoms with Crippen molar-refractivity contribution in [2.45, 2.75) is 39.5 Å². The maximum atomic E-state index is 12.5. The summed E-state index contributed by atoms with van der Waals surface area (Å²) in [4.78, 5) is 17.1. The zero-order chi connectivity index (χ0) is 16.1. The molecule has 0 radical (unpaired) electrons. The third-order valence-corrected chi connectivity index (χ3v) is 4.14. The smallest absolute Gasteiger partial charge is 0.270 e. The zero-order valence-electron chi connectivity index (χ0n) is 13.0. The second-order valence-electron chi connectivity index (χ2n) is 5.36. The molecule has 0 bridgehead atoms. The van der Waals surface area contributed by atoms with Gasteiger partial charge in [0.15, 0.2) is 5.65 Å². The summed E-state index contributed by atoms with van der Waals surface area (Å²) in [5, 5.41) is 11.7. The van der Waals surface area contributed by atoms with Gasteiger partial charge in [0.2, 0.25) is 0 Å². The molecule has 0 saturated carbocycles. The highest BCUT2D eigenvalue weighted by Crippen LogP contribution is 2.23. The van der Waals surface area contributed by atoms with Crippen molar-refractivity contribution < 1.29 is 9.90 Å². The molecule has 0 saturated heterocycles. The topological polar surface area (TPSA) is 66.6 Å². The second kappa shape index (κ2) is 7.74. The molecule has 2 heterocycles. The van der Waals surface area contributed by atoms with Gasteiger partial charge in [0.1, 0.15) is 5.69 Å². The van der Waals surface area contributed by atoms with E-state index >= 15 is 0 Å². The van der Waals surface area contributed by atoms with Crippen LogP contribution in [0.2, 0.25) is 0 Å². The van der Waals surface area contributed by atoms with Gasteiger partial charge < -0.3 is 10.4 Å². The molecule has 5 nitrogen and oxygen atoms in total. The van der Waals surface area contributed by atoms with Gasteiger partial charge in [-0.1, -0.05) is 6.92 Å². The molecule has 2 N–H and O–H groups in total. The van der Waals surface area contributed by atoms with Crippen LogP contribution >= 0.6 is 15.9 Å². The normalized spacial score (nSPS) is 11.1. The molecule has 0 aliphatic heterocycles. The van der Waals surface area contributed by atoms with Gasteiger partial charge in [0.25, 0.3) is 5.91 Å². The number of nitrogens with zero attached hydrogens (tertiary/aromatic N) is 2. The Morgan fingerprint density at radius 3 is 2.86 bits per heavy atom. The summed E-state index contributed by atoms with van der Waals surface area (Å²) in [6.07, 6.45) is 5.20. The highest BCUT2D eigenvalue weighted by atomic mass is 79.9. The molecule has 0 spiro atoms. The molecular formula is C16H22BrN3O2. The first-order valence-electron chi connectivity index (χ1n) is 7.64. The quantitative estimate of drug-likeness (QED) is 0.739. The van der Waals surface area contributed by atoms with E-state index in [1.807, 2.05) is 30.5 Å². The average molecular weight is 368 g/mol. The van der Waals surface area contributed by atoms with Crippen molar-refractivity contribution in [2.75, 3.05) is 13.2 Å². The fourth-order valence-electron chi connectivity index (χ4n) is 2.47. The highest BCUT2D eigenvalue weighted by molar-refractivity contribution is 9.10. The molecule has 2 aromatic rings. The predicted molar refractivity (Wildman–Crippen MR) is 90.3 cm³/mol. The van der Waals surface area contributed by atoms with Crippen molar-refractivity contribution in [3.05, 3.63) is 33.7 Å². The van der Waals surface area contributed by atoms with Crippen molar-refractivity contribution >= 4 is 27.5 Å². The van der Waals surface area contributed by atoms with E-state index < -0.39 is 0 Å². The van der Waals surface area contributed by atoms with Crippen LogP contribution in [0.4, 0.5) is 0 Å². The zero-order valence-corrected chi connectivity index (χ0v) is 14.6. The number of amides is 1. The van der Waals surface area contributed by atoms with E-state index in [1.54, 1.807) is 0 Å². The first kappa shape index (κ1) is 17.0. The fourth-order valence-corrected chi connectivity index (χ4v) is 3.11. The second-order valence-corrected chi connectivity index (χ2v) is 6.21. The molecule has 1 amide bonds. The molecule has 0 fully saturated rings. The number of aryl methyl sites for hydroxylation is 2. The number of unbranched alkanes of at least 4 members (excludes halogenated alkanes) is 2. The Balaban J connectivity index is 2.23. The number of hydrogen-bond donors (Lipinski definition) is 2. The number of pyridine rings is 1. The maximum absolute atomic E-state index is 12.5. The minimum atomic E-state index is -0.0918. The van der Waals surface area contributed by atoms with Gasteiger partial charge in [-0.05, 0) is 60.2 Å². The maximum Gasteiger partial charge on any atom is 0.270 e. The van der Waals surface area contributed by atoms with Gasteiger partial charge in [-0.15, -0.1) is 0 Å². The van der Waals surface area contributed by atoms with Crippen molar-refractivity contribution in [3.63, 3.8) is 0 Å². The number of aliphatic hydroxyl groups is 1. The van der Waals surface area contributed by atoms with E-state index in [0.717, 1.165) is 40.6 Å². The van der Waals surface area contributed by atoms with E-state index in [0.29, 0.717) is 18.7 Å². The summed E-state index contributed by atoms with van der Waals surface area (Å²) in [5.74, 6) is -0.0918. The molecule has 120 valence electrons. The van der Waals surface area contributed by atoms with Crippen LogP contribution in [0.25, 0.3) is 5.65 Å². The number of rotatable bonds is 7. The summed E-state index contributed by atoms with van der Waals surface area (Å²) in [6.45, 7) is 4.81. The van der Waals surface area contributed by atoms with Crippen molar-refractivity contribution in [1.29, 1.82) is 0 Å². The molecule has 0 aromatic carbocycles. The van der Waals surface area contributed by atoms with Crippen LogP contribution in [-0.2, 0) is 6.42 Å². The largest absolute Gasteiger partial charge is 0.396 e. The Bertz CT molecular complexity index is 667. The Kier molecular flexibility index (Phi) is 5.97. The van der Waals surface area contributed by atoms with Crippen molar-refractivity contribution in [2.24, 2.45) is 0 Å². The molecular weight excluding hydrogens is 346 g/mol. The lowest BCUT2D eigenvalue weighted by atomic mass is 10.2. The van der Waals surface area contributed by atoms with Crippen LogP contribution in [0.1, 0.15) is 47.9 Å². The Morgan fingerprint density at radius 1 is 1.41 bits per heavy atom. The van der Waals surface area contributed by atoms with Crippen molar-refractivity contribution in [1.82, 2.24) is 14.7 Å². The summed E-state index contributed by atoms with van der Waals surface area (Å²) < 4.78 is 2.76. The summed E-state index contributed by atoms with van der Waals surface area (Å²) in [6, 6.07) is 2.00. The predicted octanol–water partition coefficient (Wildman–Crippen LogP) is 2.86. The van der Waals surface area contributed by atoms with E-state index in [2.05, 4.69) is 26.2 Å². The standard InChI is InChI=1S/C16H22BrN3O2/c1-3-13-14(16(22)18-7-5-4-6-8-21)20-10-11(2)9-12(17)15(20)19-13/h9-10,21H,3-8H2,1-2H3,(H,18,22). The lowest BCUT2D eigenvalue weighted by Crippen LogP contribution is -2.26. The number of aromatic nitrogens is 2. The van der Waals surface area contributed by atoms with E-state index in [-0.39, 0.29) is 12.5 Å². The van der Waals surface area contributed by atoms with Gasteiger partial charge in [0.05, 0.1) is 10.2 Å². The van der Waals surface area contributed by atoms with Crippen LogP contribution in [0, 0.1) is 6.92 Å². The highest BCUT2D eigenvalue weighted by Gasteiger charge is 2.19. The number of hydrogen-bond acceptors (Lipinski definition) is 3. The van der Waals surface area contributed by atoms with Crippen LogP contribution < -0.4 is 5.32 Å². The number of fused-ring (bicyclic) bond motifs is 1. The van der Waals surface area contributed by atoms with Gasteiger partial charge in [-0.25, -0.2) is 4.98 Å². The van der Waals surface area contributed by atoms with Crippen molar-refractivity contribution in [3.8, 4) is 0 Å². The molecule has 2 aromatic heterocycles. The van der Waals surface area contributed by atoms with E-state index in [1.165, 1.54) is 0 Å². The van der Waals surface area contributed by atoms with Crippen LogP contribution in [0.15, 0.2) is 16.7 Å². The van der Waals surface area contributed by atoms with E-state index in [9.17, 15) is 4.79 Å². The Labute approximate surface area is 138 Å². The van der Waals surface area contributed by atoms with Crippen LogP contribution in [0.3, 0.4) is 0 Å². The third-order valence-electron chi connectivity index (χ3n) is 3.55. The van der Waals surface area contributed by atoms with Gasteiger partial charge in [-0.2, -0.15) is 0 Å². The van der Waals surface area contributed by atoms with Crippen LogP contribution in [-0.4, -0.2) is 33.6 Å². The molecule has 2 rings (SSSR count). The fraction of sp³-hybridized carbons (Fsp3) is 0.500.